The van der Waals surface area contributed by atoms with Crippen LogP contribution in [0.4, 0.5) is 0 Å². The Kier molecular flexibility index (Phi) is 6.58. The number of nitrogens with two attached hydrogens (primary N) is 1. The van der Waals surface area contributed by atoms with Crippen molar-refractivity contribution in [2.75, 3.05) is 0 Å². The van der Waals surface area contributed by atoms with Crippen LogP contribution in [0.5, 0.6) is 0 Å². The summed E-state index contributed by atoms with van der Waals surface area (Å²) >= 11 is 0. The lowest BCUT2D eigenvalue weighted by molar-refractivity contribution is 0.334. The maximum Gasteiger partial charge on any atom is 0.349 e. The Labute approximate surface area is 82.2 Å². The summed E-state index contributed by atoms with van der Waals surface area (Å²) in [6, 6.07) is 0.432. The van der Waals surface area contributed by atoms with Crippen LogP contribution in [0.1, 0.15) is 46.0 Å². The number of hydrogen-bond donors (Lipinski definition) is 3. The van der Waals surface area contributed by atoms with Crippen molar-refractivity contribution in [2.24, 2.45) is 5.73 Å². The zero-order chi connectivity index (χ0) is 10.3. The molecule has 0 bridgehead atoms. The van der Waals surface area contributed by atoms with Crippen molar-refractivity contribution in [3.8, 4) is 0 Å². The first-order valence-corrected chi connectivity index (χ1v) is 7.42. The molecule has 0 aromatic carbocycles. The van der Waals surface area contributed by atoms with Crippen LogP contribution in [0.3, 0.4) is 0 Å². The molecule has 80 valence electrons. The topological polar surface area (TPSA) is 66.5 Å². The van der Waals surface area contributed by atoms with Crippen LogP contribution in [-0.2, 0) is 0 Å². The first-order valence-electron chi connectivity index (χ1n) is 5.25. The van der Waals surface area contributed by atoms with E-state index in [1.165, 1.54) is 12.8 Å². The number of rotatable bonds is 7. The average molecular weight is 205 g/mol. The largest absolute Gasteiger partial charge is 0.410 e. The van der Waals surface area contributed by atoms with Crippen LogP contribution in [0.25, 0.3) is 0 Å². The third kappa shape index (κ3) is 5.41. The van der Waals surface area contributed by atoms with E-state index < -0.39 is 8.56 Å². The highest BCUT2D eigenvalue weighted by atomic mass is 28.4. The van der Waals surface area contributed by atoms with E-state index in [0.29, 0.717) is 6.04 Å². The maximum atomic E-state index is 9.52. The molecule has 0 fully saturated rings. The first kappa shape index (κ1) is 13.1. The molecule has 0 aliphatic rings. The fourth-order valence-electron chi connectivity index (χ4n) is 1.28. The second kappa shape index (κ2) is 6.54. The molecule has 0 rings (SSSR count). The quantitative estimate of drug-likeness (QED) is 0.433. The molecule has 4 heteroatoms. The number of hydrogen-bond acceptors (Lipinski definition) is 3. The molecule has 0 aromatic rings. The van der Waals surface area contributed by atoms with Crippen molar-refractivity contribution < 1.29 is 9.59 Å². The van der Waals surface area contributed by atoms with Gasteiger partial charge < -0.3 is 15.3 Å². The Morgan fingerprint density at radius 3 is 2.23 bits per heavy atom. The highest BCUT2D eigenvalue weighted by Crippen LogP contribution is 2.12. The third-order valence-electron chi connectivity index (χ3n) is 2.48. The summed E-state index contributed by atoms with van der Waals surface area (Å²) in [4.78, 5) is 19.0. The van der Waals surface area contributed by atoms with Crippen LogP contribution in [0.2, 0.25) is 6.04 Å². The van der Waals surface area contributed by atoms with Gasteiger partial charge in [0.15, 0.2) is 0 Å². The summed E-state index contributed by atoms with van der Waals surface area (Å²) in [5.41, 5.74) is 5.34. The minimum absolute atomic E-state index is 0.366. The van der Waals surface area contributed by atoms with Gasteiger partial charge in [-0.1, -0.05) is 39.5 Å². The van der Waals surface area contributed by atoms with Crippen molar-refractivity contribution in [1.82, 2.24) is 0 Å². The van der Waals surface area contributed by atoms with E-state index >= 15 is 0 Å². The van der Waals surface area contributed by atoms with Crippen LogP contribution in [-0.4, -0.2) is 23.8 Å². The zero-order valence-electron chi connectivity index (χ0n) is 8.79. The first-order chi connectivity index (χ1) is 6.04. The lowest BCUT2D eigenvalue weighted by Crippen LogP contribution is -2.52. The molecule has 3 nitrogen and oxygen atoms in total. The molecule has 1 unspecified atom stereocenters. The second-order valence-electron chi connectivity index (χ2n) is 3.69. The Bertz CT molecular complexity index is 131. The van der Waals surface area contributed by atoms with Crippen molar-refractivity contribution in [3.63, 3.8) is 0 Å². The highest BCUT2D eigenvalue weighted by Gasteiger charge is 2.34. The van der Waals surface area contributed by atoms with Crippen LogP contribution < -0.4 is 5.73 Å². The minimum Gasteiger partial charge on any atom is -0.410 e. The summed E-state index contributed by atoms with van der Waals surface area (Å²) < 4.78 is 0. The zero-order valence-corrected chi connectivity index (χ0v) is 9.79. The van der Waals surface area contributed by atoms with E-state index in [1.807, 2.05) is 0 Å². The molecule has 0 amide bonds. The van der Waals surface area contributed by atoms with Gasteiger partial charge in [-0.2, -0.15) is 0 Å². The maximum absolute atomic E-state index is 9.52. The average Bonchev–Trinajstić information content (AvgIpc) is 2.12. The molecule has 0 aliphatic carbocycles. The predicted molar refractivity (Wildman–Crippen MR) is 57.4 cm³/mol. The van der Waals surface area contributed by atoms with E-state index in [1.54, 1.807) is 6.92 Å². The fraction of sp³-hybridized carbons (Fsp3) is 1.00. The molecule has 0 radical (unpaired) electrons. The molecule has 13 heavy (non-hydrogen) atoms. The van der Waals surface area contributed by atoms with Crippen molar-refractivity contribution >= 4 is 8.56 Å². The summed E-state index contributed by atoms with van der Waals surface area (Å²) in [5, 5.41) is 0. The molecule has 4 N–H and O–H groups in total. The predicted octanol–water partition coefficient (Wildman–Crippen LogP) is 1.27. The highest BCUT2D eigenvalue weighted by molar-refractivity contribution is 6.66. The molecule has 0 aliphatic heterocycles. The molecule has 0 aromatic heterocycles. The van der Waals surface area contributed by atoms with Gasteiger partial charge in [-0.3, -0.25) is 0 Å². The Morgan fingerprint density at radius 1 is 1.15 bits per heavy atom. The molecule has 0 spiro atoms. The molecular weight excluding hydrogens is 182 g/mol. The fourth-order valence-corrected chi connectivity index (χ4v) is 2.48. The van der Waals surface area contributed by atoms with Crippen molar-refractivity contribution in [2.45, 2.75) is 57.7 Å². The van der Waals surface area contributed by atoms with Gasteiger partial charge >= 0.3 is 8.56 Å². The van der Waals surface area contributed by atoms with Crippen LogP contribution in [0.15, 0.2) is 0 Å². The lowest BCUT2D eigenvalue weighted by atomic mass is 10.1. The van der Waals surface area contributed by atoms with E-state index in [9.17, 15) is 9.59 Å². The molecule has 0 heterocycles. The normalized spacial score (nSPS) is 14.5. The molecule has 0 saturated heterocycles. The van der Waals surface area contributed by atoms with E-state index in [0.717, 1.165) is 19.3 Å². The van der Waals surface area contributed by atoms with E-state index in [2.05, 4.69) is 6.92 Å². The van der Waals surface area contributed by atoms with E-state index in [4.69, 9.17) is 5.73 Å². The van der Waals surface area contributed by atoms with E-state index in [-0.39, 0.29) is 5.67 Å². The van der Waals surface area contributed by atoms with Gasteiger partial charge in [0.2, 0.25) is 0 Å². The standard InChI is InChI=1S/C9H23NO2Si/c1-3-5-6-7-8-9(10)13(11,12)4-2/h9,11-12H,3-8,10H2,1-2H3. The summed E-state index contributed by atoms with van der Waals surface area (Å²) in [6.45, 7) is 3.95. The molecule has 1 atom stereocenters. The molecule has 0 saturated carbocycles. The summed E-state index contributed by atoms with van der Waals surface area (Å²) in [7, 11) is -3.06. The van der Waals surface area contributed by atoms with Gasteiger partial charge in [0, 0.05) is 5.67 Å². The SMILES string of the molecule is CCCCCCC(N)[Si](O)(O)CC. The van der Waals surface area contributed by atoms with Crippen LogP contribution >= 0.6 is 0 Å². The minimum atomic E-state index is -3.06. The van der Waals surface area contributed by atoms with Gasteiger partial charge in [-0.05, 0) is 12.5 Å². The third-order valence-corrected chi connectivity index (χ3v) is 5.00. The summed E-state index contributed by atoms with van der Waals surface area (Å²) in [5.74, 6) is 0. The lowest BCUT2D eigenvalue weighted by Gasteiger charge is -2.23. The van der Waals surface area contributed by atoms with Gasteiger partial charge in [-0.25, -0.2) is 0 Å². The van der Waals surface area contributed by atoms with Gasteiger partial charge in [0.25, 0.3) is 0 Å². The van der Waals surface area contributed by atoms with Crippen molar-refractivity contribution in [1.29, 1.82) is 0 Å². The van der Waals surface area contributed by atoms with Gasteiger partial charge in [-0.15, -0.1) is 0 Å². The second-order valence-corrected chi connectivity index (χ2v) is 6.89. The monoisotopic (exact) mass is 205 g/mol. The van der Waals surface area contributed by atoms with Crippen LogP contribution in [0, 0.1) is 0 Å². The van der Waals surface area contributed by atoms with Gasteiger partial charge in [0.1, 0.15) is 0 Å². The Hall–Kier alpha value is 0.0969. The van der Waals surface area contributed by atoms with Gasteiger partial charge in [0.05, 0.1) is 0 Å². The number of unbranched alkanes of at least 4 members (excludes halogenated alkanes) is 3. The Balaban J connectivity index is 3.55. The summed E-state index contributed by atoms with van der Waals surface area (Å²) in [6.07, 6.45) is 5.34. The molecular formula is C9H23NO2Si. The van der Waals surface area contributed by atoms with Crippen molar-refractivity contribution in [3.05, 3.63) is 0 Å². The smallest absolute Gasteiger partial charge is 0.349 e. The Morgan fingerprint density at radius 2 is 1.77 bits per heavy atom.